The van der Waals surface area contributed by atoms with Crippen LogP contribution in [0.15, 0.2) is 48.5 Å². The van der Waals surface area contributed by atoms with Gasteiger partial charge in [0.15, 0.2) is 0 Å². The molecule has 0 aliphatic carbocycles. The highest BCUT2D eigenvalue weighted by atomic mass is 16.6. The van der Waals surface area contributed by atoms with Gasteiger partial charge in [-0.15, -0.1) is 0 Å². The minimum Gasteiger partial charge on any atom is -0.376 e. The first-order valence-corrected chi connectivity index (χ1v) is 8.58. The summed E-state index contributed by atoms with van der Waals surface area (Å²) >= 11 is 0. The Bertz CT molecular complexity index is 845. The van der Waals surface area contributed by atoms with Gasteiger partial charge in [-0.3, -0.25) is 19.7 Å². The lowest BCUT2D eigenvalue weighted by atomic mass is 10.1. The van der Waals surface area contributed by atoms with Gasteiger partial charge in [-0.25, -0.2) is 0 Å². The third-order valence-corrected chi connectivity index (χ3v) is 4.24. The topological polar surface area (TPSA) is 111 Å². The number of nitro groups is 1. The van der Waals surface area contributed by atoms with Crippen molar-refractivity contribution in [2.75, 3.05) is 18.5 Å². The zero-order valence-electron chi connectivity index (χ0n) is 14.5. The van der Waals surface area contributed by atoms with Gasteiger partial charge in [0.2, 0.25) is 0 Å². The van der Waals surface area contributed by atoms with Crippen molar-refractivity contribution in [3.05, 3.63) is 69.8 Å². The molecule has 1 atom stereocenters. The number of carbonyl (C=O) groups is 2. The van der Waals surface area contributed by atoms with Crippen LogP contribution < -0.4 is 10.6 Å². The molecule has 27 heavy (non-hydrogen) atoms. The third kappa shape index (κ3) is 4.89. The summed E-state index contributed by atoms with van der Waals surface area (Å²) in [6, 6.07) is 11.9. The molecule has 1 aliphatic rings. The van der Waals surface area contributed by atoms with Crippen molar-refractivity contribution >= 4 is 23.2 Å². The molecule has 1 saturated heterocycles. The van der Waals surface area contributed by atoms with Crippen LogP contribution in [-0.4, -0.2) is 36.0 Å². The van der Waals surface area contributed by atoms with E-state index in [1.807, 2.05) is 0 Å². The van der Waals surface area contributed by atoms with Crippen LogP contribution in [-0.2, 0) is 4.74 Å². The molecule has 8 heteroatoms. The summed E-state index contributed by atoms with van der Waals surface area (Å²) in [6.07, 6.45) is 2.00. The molecule has 0 saturated carbocycles. The summed E-state index contributed by atoms with van der Waals surface area (Å²) in [4.78, 5) is 34.7. The Balaban J connectivity index is 1.61. The number of nitrogens with zero attached hydrogens (tertiary/aromatic N) is 1. The van der Waals surface area contributed by atoms with Crippen molar-refractivity contribution in [2.24, 2.45) is 0 Å². The maximum atomic E-state index is 12.3. The molecular formula is C19H19N3O5. The smallest absolute Gasteiger partial charge is 0.269 e. The molecule has 2 aromatic carbocycles. The van der Waals surface area contributed by atoms with E-state index in [-0.39, 0.29) is 23.3 Å². The summed E-state index contributed by atoms with van der Waals surface area (Å²) in [5, 5.41) is 16.2. The van der Waals surface area contributed by atoms with E-state index in [0.717, 1.165) is 19.4 Å². The SMILES string of the molecule is O=C(NC[C@H]1CCCO1)c1cccc(NC(=O)c2ccc([N+](=O)[O-])cc2)c1. The largest absolute Gasteiger partial charge is 0.376 e. The summed E-state index contributed by atoms with van der Waals surface area (Å²) in [5.74, 6) is -0.654. The number of carbonyl (C=O) groups excluding carboxylic acids is 2. The van der Waals surface area contributed by atoms with Gasteiger partial charge in [-0.1, -0.05) is 6.07 Å². The number of anilines is 1. The molecule has 1 fully saturated rings. The van der Waals surface area contributed by atoms with Gasteiger partial charge in [-0.05, 0) is 43.2 Å². The van der Waals surface area contributed by atoms with Crippen molar-refractivity contribution in [3.8, 4) is 0 Å². The summed E-state index contributed by atoms with van der Waals surface area (Å²) in [7, 11) is 0. The number of hydrogen-bond donors (Lipinski definition) is 2. The zero-order chi connectivity index (χ0) is 19.2. The molecule has 0 unspecified atom stereocenters. The molecule has 1 heterocycles. The average molecular weight is 369 g/mol. The Hall–Kier alpha value is -3.26. The molecular weight excluding hydrogens is 350 g/mol. The van der Waals surface area contributed by atoms with E-state index in [1.54, 1.807) is 24.3 Å². The quantitative estimate of drug-likeness (QED) is 0.601. The Morgan fingerprint density at radius 3 is 2.56 bits per heavy atom. The molecule has 0 aromatic heterocycles. The van der Waals surface area contributed by atoms with Crippen LogP contribution in [0.5, 0.6) is 0 Å². The van der Waals surface area contributed by atoms with Crippen LogP contribution in [0.25, 0.3) is 0 Å². The van der Waals surface area contributed by atoms with Crippen molar-refractivity contribution in [1.29, 1.82) is 0 Å². The normalized spacial score (nSPS) is 15.9. The van der Waals surface area contributed by atoms with Gasteiger partial charge in [0.05, 0.1) is 11.0 Å². The Kier molecular flexibility index (Phi) is 5.77. The van der Waals surface area contributed by atoms with Gasteiger partial charge < -0.3 is 15.4 Å². The van der Waals surface area contributed by atoms with E-state index in [2.05, 4.69) is 10.6 Å². The number of rotatable bonds is 6. The monoisotopic (exact) mass is 369 g/mol. The number of hydrogen-bond acceptors (Lipinski definition) is 5. The number of amides is 2. The van der Waals surface area contributed by atoms with Crippen LogP contribution in [0.2, 0.25) is 0 Å². The zero-order valence-corrected chi connectivity index (χ0v) is 14.5. The number of ether oxygens (including phenoxy) is 1. The van der Waals surface area contributed by atoms with Gasteiger partial charge >= 0.3 is 0 Å². The molecule has 0 spiro atoms. The first-order chi connectivity index (χ1) is 13.0. The molecule has 2 amide bonds. The molecule has 0 radical (unpaired) electrons. The van der Waals surface area contributed by atoms with E-state index < -0.39 is 10.8 Å². The lowest BCUT2D eigenvalue weighted by Gasteiger charge is -2.11. The highest BCUT2D eigenvalue weighted by Gasteiger charge is 2.17. The van der Waals surface area contributed by atoms with Gasteiger partial charge in [0.1, 0.15) is 0 Å². The number of nitro benzene ring substituents is 1. The molecule has 2 aromatic rings. The van der Waals surface area contributed by atoms with Crippen LogP contribution in [0.1, 0.15) is 33.6 Å². The van der Waals surface area contributed by atoms with Crippen LogP contribution in [0.3, 0.4) is 0 Å². The lowest BCUT2D eigenvalue weighted by molar-refractivity contribution is -0.384. The second kappa shape index (κ2) is 8.41. The molecule has 1 aliphatic heterocycles. The maximum Gasteiger partial charge on any atom is 0.269 e. The summed E-state index contributed by atoms with van der Waals surface area (Å²) < 4.78 is 5.47. The van der Waals surface area contributed by atoms with Crippen LogP contribution in [0.4, 0.5) is 11.4 Å². The van der Waals surface area contributed by atoms with E-state index in [1.165, 1.54) is 24.3 Å². The molecule has 8 nitrogen and oxygen atoms in total. The Morgan fingerprint density at radius 2 is 1.89 bits per heavy atom. The van der Waals surface area contributed by atoms with E-state index in [9.17, 15) is 19.7 Å². The Labute approximate surface area is 155 Å². The second-order valence-electron chi connectivity index (χ2n) is 6.18. The molecule has 140 valence electrons. The van der Waals surface area contributed by atoms with E-state index in [0.29, 0.717) is 17.8 Å². The van der Waals surface area contributed by atoms with Crippen molar-refractivity contribution < 1.29 is 19.2 Å². The van der Waals surface area contributed by atoms with Gasteiger partial charge in [0.25, 0.3) is 17.5 Å². The summed E-state index contributed by atoms with van der Waals surface area (Å²) in [5.41, 5.74) is 1.09. The van der Waals surface area contributed by atoms with E-state index >= 15 is 0 Å². The van der Waals surface area contributed by atoms with Crippen LogP contribution >= 0.6 is 0 Å². The predicted octanol–water partition coefficient (Wildman–Crippen LogP) is 2.76. The highest BCUT2D eigenvalue weighted by molar-refractivity contribution is 6.05. The minimum atomic E-state index is -0.527. The Morgan fingerprint density at radius 1 is 1.11 bits per heavy atom. The highest BCUT2D eigenvalue weighted by Crippen LogP contribution is 2.16. The second-order valence-corrected chi connectivity index (χ2v) is 6.18. The number of non-ortho nitro benzene ring substituents is 1. The average Bonchev–Trinajstić information content (AvgIpc) is 3.20. The van der Waals surface area contributed by atoms with Crippen molar-refractivity contribution in [2.45, 2.75) is 18.9 Å². The van der Waals surface area contributed by atoms with Crippen LogP contribution in [0, 0.1) is 10.1 Å². The maximum absolute atomic E-state index is 12.3. The lowest BCUT2D eigenvalue weighted by Crippen LogP contribution is -2.31. The number of benzene rings is 2. The summed E-state index contributed by atoms with van der Waals surface area (Å²) in [6.45, 7) is 1.18. The minimum absolute atomic E-state index is 0.0546. The fraction of sp³-hybridized carbons (Fsp3) is 0.263. The van der Waals surface area contributed by atoms with Gasteiger partial charge in [-0.2, -0.15) is 0 Å². The van der Waals surface area contributed by atoms with Gasteiger partial charge in [0, 0.05) is 42.1 Å². The first-order valence-electron chi connectivity index (χ1n) is 8.58. The predicted molar refractivity (Wildman–Crippen MR) is 98.8 cm³/mol. The third-order valence-electron chi connectivity index (χ3n) is 4.24. The van der Waals surface area contributed by atoms with Crippen molar-refractivity contribution in [1.82, 2.24) is 5.32 Å². The standard InChI is InChI=1S/C19H19N3O5/c23-18(20-12-17-5-2-10-27-17)14-3-1-4-15(11-14)21-19(24)13-6-8-16(9-7-13)22(25)26/h1,3-4,6-9,11,17H,2,5,10,12H2,(H,20,23)(H,21,24)/t17-/m1/s1. The number of nitrogens with one attached hydrogen (secondary N) is 2. The molecule has 3 rings (SSSR count). The fourth-order valence-electron chi connectivity index (χ4n) is 2.79. The fourth-order valence-corrected chi connectivity index (χ4v) is 2.79. The molecule has 2 N–H and O–H groups in total. The first kappa shape index (κ1) is 18.5. The van der Waals surface area contributed by atoms with Crippen molar-refractivity contribution in [3.63, 3.8) is 0 Å². The molecule has 0 bridgehead atoms. The van der Waals surface area contributed by atoms with E-state index in [4.69, 9.17) is 4.74 Å².